The molecule has 0 saturated carbocycles. The van der Waals surface area contributed by atoms with Crippen LogP contribution in [-0.2, 0) is 0 Å². The van der Waals surface area contributed by atoms with Gasteiger partial charge in [0.15, 0.2) is 0 Å². The molecule has 0 saturated heterocycles. The van der Waals surface area contributed by atoms with E-state index in [9.17, 15) is 10.1 Å². The van der Waals surface area contributed by atoms with E-state index < -0.39 is 5.97 Å². The van der Waals surface area contributed by atoms with Gasteiger partial charge in [0.05, 0.1) is 17.2 Å². The first-order valence-electron chi connectivity index (χ1n) is 7.76. The highest BCUT2D eigenvalue weighted by Crippen LogP contribution is 2.22. The molecule has 0 unspecified atom stereocenters. The van der Waals surface area contributed by atoms with Crippen molar-refractivity contribution < 1.29 is 9.53 Å². The molecule has 0 aliphatic carbocycles. The molecular formula is C21H13ClN2O2. The molecule has 0 radical (unpaired) electrons. The zero-order valence-corrected chi connectivity index (χ0v) is 14.4. The summed E-state index contributed by atoms with van der Waals surface area (Å²) in [6.45, 7) is 0. The number of hydrogen-bond donors (Lipinski definition) is 0. The molecule has 0 spiro atoms. The van der Waals surface area contributed by atoms with Gasteiger partial charge < -0.3 is 4.74 Å². The fraction of sp³-hybridized carbons (Fsp3) is 0. The first-order chi connectivity index (χ1) is 12.7. The van der Waals surface area contributed by atoms with E-state index in [4.69, 9.17) is 16.3 Å². The smallest absolute Gasteiger partial charge is 0.343 e. The van der Waals surface area contributed by atoms with Gasteiger partial charge in [-0.1, -0.05) is 35.9 Å². The minimum atomic E-state index is -0.452. The lowest BCUT2D eigenvalue weighted by atomic mass is 10.0. The average molecular weight is 361 g/mol. The topological polar surface area (TPSA) is 63.0 Å². The Labute approximate surface area is 156 Å². The molecule has 0 N–H and O–H groups in total. The van der Waals surface area contributed by atoms with Gasteiger partial charge in [0.2, 0.25) is 0 Å². The second kappa shape index (κ2) is 8.11. The molecule has 126 valence electrons. The Kier molecular flexibility index (Phi) is 5.43. The van der Waals surface area contributed by atoms with Crippen molar-refractivity contribution in [2.45, 2.75) is 0 Å². The van der Waals surface area contributed by atoms with E-state index in [1.807, 2.05) is 6.07 Å². The van der Waals surface area contributed by atoms with Gasteiger partial charge in [0.25, 0.3) is 0 Å². The summed E-state index contributed by atoms with van der Waals surface area (Å²) in [5.74, 6) is -0.0300. The van der Waals surface area contributed by atoms with Crippen molar-refractivity contribution in [1.82, 2.24) is 4.98 Å². The van der Waals surface area contributed by atoms with Crippen molar-refractivity contribution in [1.29, 1.82) is 5.26 Å². The lowest BCUT2D eigenvalue weighted by Gasteiger charge is -2.05. The van der Waals surface area contributed by atoms with Crippen LogP contribution in [0.25, 0.3) is 11.6 Å². The number of nitriles is 1. The van der Waals surface area contributed by atoms with Gasteiger partial charge in [-0.15, -0.1) is 0 Å². The normalized spacial score (nSPS) is 10.8. The van der Waals surface area contributed by atoms with Crippen LogP contribution < -0.4 is 4.74 Å². The van der Waals surface area contributed by atoms with Crippen LogP contribution in [0.1, 0.15) is 21.5 Å². The molecule has 0 aliphatic rings. The maximum Gasteiger partial charge on any atom is 0.343 e. The Morgan fingerprint density at radius 2 is 1.77 bits per heavy atom. The van der Waals surface area contributed by atoms with Crippen molar-refractivity contribution in [2.24, 2.45) is 0 Å². The Bertz CT molecular complexity index is 991. The molecule has 1 heterocycles. The van der Waals surface area contributed by atoms with Crippen molar-refractivity contribution in [2.75, 3.05) is 0 Å². The van der Waals surface area contributed by atoms with Gasteiger partial charge in [-0.05, 0) is 53.6 Å². The number of benzene rings is 2. The number of pyridine rings is 1. The van der Waals surface area contributed by atoms with E-state index in [0.717, 1.165) is 11.1 Å². The molecule has 0 bridgehead atoms. The lowest BCUT2D eigenvalue weighted by Crippen LogP contribution is -2.08. The Morgan fingerprint density at radius 1 is 1.04 bits per heavy atom. The quantitative estimate of drug-likeness (QED) is 0.283. The Balaban J connectivity index is 1.77. The van der Waals surface area contributed by atoms with Gasteiger partial charge in [-0.3, -0.25) is 4.98 Å². The molecule has 0 fully saturated rings. The average Bonchev–Trinajstić information content (AvgIpc) is 2.68. The van der Waals surface area contributed by atoms with Crippen LogP contribution in [-0.4, -0.2) is 11.0 Å². The Morgan fingerprint density at radius 3 is 2.42 bits per heavy atom. The minimum absolute atomic E-state index is 0.422. The molecule has 0 aliphatic heterocycles. The predicted octanol–water partition coefficient (Wildman–Crippen LogP) is 5.02. The number of rotatable bonds is 4. The number of carbonyl (C=O) groups excluding carboxylic acids is 1. The van der Waals surface area contributed by atoms with E-state index in [1.165, 1.54) is 12.4 Å². The van der Waals surface area contributed by atoms with E-state index in [0.29, 0.717) is 21.9 Å². The molecule has 0 amide bonds. The highest BCUT2D eigenvalue weighted by molar-refractivity contribution is 6.30. The summed E-state index contributed by atoms with van der Waals surface area (Å²) in [5.41, 5.74) is 2.48. The van der Waals surface area contributed by atoms with E-state index >= 15 is 0 Å². The molecule has 5 heteroatoms. The van der Waals surface area contributed by atoms with Gasteiger partial charge >= 0.3 is 5.97 Å². The van der Waals surface area contributed by atoms with Crippen LogP contribution in [0.4, 0.5) is 0 Å². The van der Waals surface area contributed by atoms with Gasteiger partial charge in [0, 0.05) is 17.4 Å². The molecule has 2 aromatic carbocycles. The maximum absolute atomic E-state index is 12.0. The standard InChI is InChI=1S/C21H13ClN2O2/c22-19-3-1-2-17(13-19)18(14-23)12-15-4-6-20(7-5-15)26-21(25)16-8-10-24-11-9-16/h1-13H/b18-12-. The largest absolute Gasteiger partial charge is 0.423 e. The monoisotopic (exact) mass is 360 g/mol. The number of ether oxygens (including phenoxy) is 1. The second-order valence-electron chi connectivity index (χ2n) is 5.37. The number of allylic oxidation sites excluding steroid dienone is 1. The minimum Gasteiger partial charge on any atom is -0.423 e. The third-order valence-corrected chi connectivity index (χ3v) is 3.81. The zero-order valence-electron chi connectivity index (χ0n) is 13.6. The highest BCUT2D eigenvalue weighted by Gasteiger charge is 2.08. The fourth-order valence-corrected chi connectivity index (χ4v) is 2.48. The molecular weight excluding hydrogens is 348 g/mol. The van der Waals surface area contributed by atoms with E-state index in [1.54, 1.807) is 60.7 Å². The Hall–Kier alpha value is -3.42. The van der Waals surface area contributed by atoms with Crippen molar-refractivity contribution in [3.63, 3.8) is 0 Å². The molecule has 1 aromatic heterocycles. The number of hydrogen-bond acceptors (Lipinski definition) is 4. The van der Waals surface area contributed by atoms with Gasteiger partial charge in [-0.2, -0.15) is 5.26 Å². The first-order valence-corrected chi connectivity index (χ1v) is 8.13. The van der Waals surface area contributed by atoms with Gasteiger partial charge in [-0.25, -0.2) is 4.79 Å². The van der Waals surface area contributed by atoms with Crippen molar-refractivity contribution >= 4 is 29.2 Å². The van der Waals surface area contributed by atoms with Crippen LogP contribution in [0.5, 0.6) is 5.75 Å². The molecule has 4 nitrogen and oxygen atoms in total. The molecule has 26 heavy (non-hydrogen) atoms. The fourth-order valence-electron chi connectivity index (χ4n) is 2.29. The summed E-state index contributed by atoms with van der Waals surface area (Å²) in [7, 11) is 0. The third kappa shape index (κ3) is 4.35. The van der Waals surface area contributed by atoms with Crippen molar-refractivity contribution in [3.05, 3.63) is 94.8 Å². The number of esters is 1. The summed E-state index contributed by atoms with van der Waals surface area (Å²) < 4.78 is 5.32. The lowest BCUT2D eigenvalue weighted by molar-refractivity contribution is 0.0734. The highest BCUT2D eigenvalue weighted by atomic mass is 35.5. The van der Waals surface area contributed by atoms with E-state index in [2.05, 4.69) is 11.1 Å². The van der Waals surface area contributed by atoms with Crippen LogP contribution in [0.2, 0.25) is 5.02 Å². The van der Waals surface area contributed by atoms with Crippen molar-refractivity contribution in [3.8, 4) is 11.8 Å². The SMILES string of the molecule is N#C/C(=C/c1ccc(OC(=O)c2ccncc2)cc1)c1cccc(Cl)c1. The number of halogens is 1. The summed E-state index contributed by atoms with van der Waals surface area (Å²) in [6.07, 6.45) is 4.81. The number of carbonyl (C=O) groups is 1. The molecule has 3 aromatic rings. The van der Waals surface area contributed by atoms with Crippen LogP contribution in [0.3, 0.4) is 0 Å². The summed E-state index contributed by atoms with van der Waals surface area (Å²) in [4.78, 5) is 15.9. The second-order valence-corrected chi connectivity index (χ2v) is 5.81. The summed E-state index contributed by atoms with van der Waals surface area (Å²) in [6, 6.07) is 19.4. The molecule has 0 atom stereocenters. The summed E-state index contributed by atoms with van der Waals surface area (Å²) >= 11 is 5.98. The van der Waals surface area contributed by atoms with Gasteiger partial charge in [0.1, 0.15) is 5.75 Å². The maximum atomic E-state index is 12.0. The number of nitrogens with zero attached hydrogens (tertiary/aromatic N) is 2. The number of aromatic nitrogens is 1. The zero-order chi connectivity index (χ0) is 18.4. The van der Waals surface area contributed by atoms with Crippen LogP contribution in [0.15, 0.2) is 73.1 Å². The van der Waals surface area contributed by atoms with E-state index in [-0.39, 0.29) is 0 Å². The van der Waals surface area contributed by atoms with Crippen LogP contribution in [0, 0.1) is 11.3 Å². The van der Waals surface area contributed by atoms with Crippen LogP contribution >= 0.6 is 11.6 Å². The summed E-state index contributed by atoms with van der Waals surface area (Å²) in [5, 5.41) is 9.97. The predicted molar refractivity (Wildman–Crippen MR) is 101 cm³/mol. The first kappa shape index (κ1) is 17.4. The third-order valence-electron chi connectivity index (χ3n) is 3.57. The molecule has 3 rings (SSSR count).